The summed E-state index contributed by atoms with van der Waals surface area (Å²) < 4.78 is 11.9. The Morgan fingerprint density at radius 1 is 0.903 bits per heavy atom. The lowest BCUT2D eigenvalue weighted by Crippen LogP contribution is -2.32. The van der Waals surface area contributed by atoms with Gasteiger partial charge in [0, 0.05) is 29.3 Å². The number of hydrogen-bond acceptors (Lipinski definition) is 4. The molecule has 2 heterocycles. The molecule has 5 heteroatoms. The zero-order valence-corrected chi connectivity index (χ0v) is 17.0. The van der Waals surface area contributed by atoms with Gasteiger partial charge >= 0.3 is 0 Å². The van der Waals surface area contributed by atoms with Gasteiger partial charge in [0.15, 0.2) is 0 Å². The number of rotatable bonds is 6. The van der Waals surface area contributed by atoms with E-state index in [1.54, 1.807) is 6.20 Å². The van der Waals surface area contributed by atoms with Crippen LogP contribution in [0, 0.1) is 0 Å². The van der Waals surface area contributed by atoms with Crippen LogP contribution in [-0.4, -0.2) is 24.0 Å². The highest BCUT2D eigenvalue weighted by Crippen LogP contribution is 2.43. The monoisotopic (exact) mass is 410 g/mol. The van der Waals surface area contributed by atoms with Crippen LogP contribution in [0.2, 0.25) is 0 Å². The van der Waals surface area contributed by atoms with Gasteiger partial charge in [-0.25, -0.2) is 0 Å². The fourth-order valence-electron chi connectivity index (χ4n) is 3.95. The summed E-state index contributed by atoms with van der Waals surface area (Å²) in [6.45, 7) is 1.02. The SMILES string of the molecule is O=C(NCCCOc1cccc2cccnc12)C1c2ccccc2Oc2ccccc21. The van der Waals surface area contributed by atoms with E-state index in [0.717, 1.165) is 39.3 Å². The van der Waals surface area contributed by atoms with Crippen LogP contribution in [0.3, 0.4) is 0 Å². The summed E-state index contributed by atoms with van der Waals surface area (Å²) in [5, 5.41) is 4.11. The molecule has 1 amide bonds. The largest absolute Gasteiger partial charge is 0.491 e. The highest BCUT2D eigenvalue weighted by molar-refractivity contribution is 5.89. The molecule has 1 N–H and O–H groups in total. The van der Waals surface area contributed by atoms with E-state index in [4.69, 9.17) is 9.47 Å². The number of nitrogens with zero attached hydrogens (tertiary/aromatic N) is 1. The number of para-hydroxylation sites is 3. The van der Waals surface area contributed by atoms with Crippen LogP contribution in [0.25, 0.3) is 10.9 Å². The molecule has 31 heavy (non-hydrogen) atoms. The molecule has 0 saturated carbocycles. The Morgan fingerprint density at radius 3 is 2.39 bits per heavy atom. The van der Waals surface area contributed by atoms with Crippen molar-refractivity contribution in [3.8, 4) is 17.2 Å². The molecule has 154 valence electrons. The number of ether oxygens (including phenoxy) is 2. The number of aromatic nitrogens is 1. The van der Waals surface area contributed by atoms with Gasteiger partial charge in [-0.3, -0.25) is 9.78 Å². The first kappa shape index (κ1) is 19.1. The Kier molecular flexibility index (Phi) is 5.23. The highest BCUT2D eigenvalue weighted by Gasteiger charge is 2.32. The standard InChI is InChI=1S/C26H22N2O3/c29-26(24-19-10-1-3-12-21(19)31-22-13-4-2-11-20(22)24)28-16-7-17-30-23-14-5-8-18-9-6-15-27-25(18)23/h1-6,8-15,24H,7,16-17H2,(H,28,29). The number of fused-ring (bicyclic) bond motifs is 3. The molecule has 5 rings (SSSR count). The number of amides is 1. The quantitative estimate of drug-likeness (QED) is 0.452. The molecule has 0 aliphatic carbocycles. The Hall–Kier alpha value is -3.86. The Bertz CT molecular complexity index is 1190. The summed E-state index contributed by atoms with van der Waals surface area (Å²) in [6.07, 6.45) is 2.46. The van der Waals surface area contributed by atoms with Crippen LogP contribution in [0.5, 0.6) is 17.2 Å². The molecule has 0 unspecified atom stereocenters. The first-order valence-corrected chi connectivity index (χ1v) is 10.4. The zero-order valence-electron chi connectivity index (χ0n) is 17.0. The Morgan fingerprint density at radius 2 is 1.61 bits per heavy atom. The van der Waals surface area contributed by atoms with E-state index in [1.807, 2.05) is 78.9 Å². The topological polar surface area (TPSA) is 60.5 Å². The average molecular weight is 410 g/mol. The van der Waals surface area contributed by atoms with E-state index < -0.39 is 0 Å². The number of nitrogens with one attached hydrogen (secondary N) is 1. The van der Waals surface area contributed by atoms with Crippen LogP contribution in [0.15, 0.2) is 85.1 Å². The van der Waals surface area contributed by atoms with E-state index >= 15 is 0 Å². The lowest BCUT2D eigenvalue weighted by molar-refractivity contribution is -0.121. The average Bonchev–Trinajstić information content (AvgIpc) is 2.82. The second-order valence-electron chi connectivity index (χ2n) is 7.44. The smallest absolute Gasteiger partial charge is 0.232 e. The molecule has 5 nitrogen and oxygen atoms in total. The van der Waals surface area contributed by atoms with Crippen molar-refractivity contribution in [1.29, 1.82) is 0 Å². The van der Waals surface area contributed by atoms with Crippen LogP contribution in [-0.2, 0) is 4.79 Å². The predicted octanol–water partition coefficient (Wildman–Crippen LogP) is 5.06. The van der Waals surface area contributed by atoms with Gasteiger partial charge in [-0.05, 0) is 30.7 Å². The normalized spacial score (nSPS) is 12.5. The van der Waals surface area contributed by atoms with Crippen molar-refractivity contribution in [2.75, 3.05) is 13.2 Å². The van der Waals surface area contributed by atoms with Gasteiger partial charge in [0.2, 0.25) is 5.91 Å². The number of carbonyl (C=O) groups excluding carboxylic acids is 1. The molecule has 1 aliphatic heterocycles. The van der Waals surface area contributed by atoms with E-state index in [1.165, 1.54) is 0 Å². The third kappa shape index (κ3) is 3.82. The second kappa shape index (κ2) is 8.48. The van der Waals surface area contributed by atoms with Crippen molar-refractivity contribution in [1.82, 2.24) is 10.3 Å². The van der Waals surface area contributed by atoms with Crippen LogP contribution >= 0.6 is 0 Å². The number of pyridine rings is 1. The van der Waals surface area contributed by atoms with Crippen LogP contribution in [0.4, 0.5) is 0 Å². The summed E-state index contributed by atoms with van der Waals surface area (Å²) in [7, 11) is 0. The summed E-state index contributed by atoms with van der Waals surface area (Å²) in [5.74, 6) is 1.80. The van der Waals surface area contributed by atoms with E-state index in [0.29, 0.717) is 19.6 Å². The molecule has 1 aliphatic rings. The molecule has 0 spiro atoms. The van der Waals surface area contributed by atoms with Crippen molar-refractivity contribution in [2.24, 2.45) is 0 Å². The molecule has 0 bridgehead atoms. The number of hydrogen-bond donors (Lipinski definition) is 1. The molecule has 0 atom stereocenters. The first-order chi connectivity index (χ1) is 15.3. The minimum absolute atomic E-state index is 0.0324. The van der Waals surface area contributed by atoms with Gasteiger partial charge in [-0.15, -0.1) is 0 Å². The summed E-state index contributed by atoms with van der Waals surface area (Å²) in [5.41, 5.74) is 2.62. The second-order valence-corrected chi connectivity index (χ2v) is 7.44. The number of carbonyl (C=O) groups is 1. The van der Waals surface area contributed by atoms with Crippen molar-refractivity contribution in [3.05, 3.63) is 96.2 Å². The van der Waals surface area contributed by atoms with Crippen molar-refractivity contribution < 1.29 is 14.3 Å². The fourth-order valence-corrected chi connectivity index (χ4v) is 3.95. The predicted molar refractivity (Wildman–Crippen MR) is 120 cm³/mol. The lowest BCUT2D eigenvalue weighted by Gasteiger charge is -2.27. The fraction of sp³-hybridized carbons (Fsp3) is 0.154. The Balaban J connectivity index is 1.22. The van der Waals surface area contributed by atoms with Crippen molar-refractivity contribution >= 4 is 16.8 Å². The van der Waals surface area contributed by atoms with E-state index in [2.05, 4.69) is 10.3 Å². The molecule has 1 aromatic heterocycles. The first-order valence-electron chi connectivity index (χ1n) is 10.4. The van der Waals surface area contributed by atoms with Gasteiger partial charge in [-0.2, -0.15) is 0 Å². The maximum Gasteiger partial charge on any atom is 0.232 e. The lowest BCUT2D eigenvalue weighted by atomic mass is 9.87. The molecule has 3 aromatic carbocycles. The van der Waals surface area contributed by atoms with Crippen molar-refractivity contribution in [3.63, 3.8) is 0 Å². The van der Waals surface area contributed by atoms with E-state index in [-0.39, 0.29) is 11.8 Å². The van der Waals surface area contributed by atoms with E-state index in [9.17, 15) is 4.79 Å². The molecule has 0 saturated heterocycles. The summed E-state index contributed by atoms with van der Waals surface area (Å²) in [6, 6.07) is 25.2. The maximum atomic E-state index is 13.1. The van der Waals surface area contributed by atoms with Gasteiger partial charge in [-0.1, -0.05) is 54.6 Å². The zero-order chi connectivity index (χ0) is 21.0. The third-order valence-corrected chi connectivity index (χ3v) is 5.42. The maximum absolute atomic E-state index is 13.1. The summed E-state index contributed by atoms with van der Waals surface area (Å²) in [4.78, 5) is 17.5. The number of benzene rings is 3. The minimum Gasteiger partial charge on any atom is -0.491 e. The Labute approximate surface area is 180 Å². The molecular formula is C26H22N2O3. The molecule has 4 aromatic rings. The van der Waals surface area contributed by atoms with Gasteiger partial charge in [0.05, 0.1) is 12.5 Å². The van der Waals surface area contributed by atoms with Crippen LogP contribution in [0.1, 0.15) is 23.5 Å². The van der Waals surface area contributed by atoms with Gasteiger partial charge < -0.3 is 14.8 Å². The molecule has 0 fully saturated rings. The molecular weight excluding hydrogens is 388 g/mol. The van der Waals surface area contributed by atoms with Gasteiger partial charge in [0.1, 0.15) is 22.8 Å². The third-order valence-electron chi connectivity index (χ3n) is 5.42. The highest BCUT2D eigenvalue weighted by atomic mass is 16.5. The van der Waals surface area contributed by atoms with Gasteiger partial charge in [0.25, 0.3) is 0 Å². The minimum atomic E-state index is -0.385. The molecule has 0 radical (unpaired) electrons. The van der Waals surface area contributed by atoms with Crippen LogP contribution < -0.4 is 14.8 Å². The van der Waals surface area contributed by atoms with Crippen molar-refractivity contribution in [2.45, 2.75) is 12.3 Å². The summed E-state index contributed by atoms with van der Waals surface area (Å²) >= 11 is 0.